The van der Waals surface area contributed by atoms with Crippen molar-refractivity contribution < 1.29 is 18.4 Å². The number of carbonyl (C=O) groups excluding carboxylic acids is 2. The zero-order valence-corrected chi connectivity index (χ0v) is 27.4. The van der Waals surface area contributed by atoms with E-state index in [0.29, 0.717) is 35.1 Å². The van der Waals surface area contributed by atoms with Crippen LogP contribution in [0.5, 0.6) is 5.75 Å². The molecule has 1 aromatic heterocycles. The van der Waals surface area contributed by atoms with Crippen molar-refractivity contribution in [2.45, 2.75) is 51.5 Å². The van der Waals surface area contributed by atoms with E-state index in [0.717, 1.165) is 22.4 Å². The molecule has 0 fully saturated rings. The van der Waals surface area contributed by atoms with Crippen molar-refractivity contribution in [3.05, 3.63) is 94.7 Å². The number of carbonyl (C=O) groups is 2. The number of benzene rings is 3. The quantitative estimate of drug-likeness (QED) is 0.162. The molecule has 1 aliphatic rings. The molecule has 2 heterocycles. The van der Waals surface area contributed by atoms with Crippen molar-refractivity contribution >= 4 is 42.3 Å². The topological polar surface area (TPSA) is 110 Å². The highest BCUT2D eigenvalue weighted by atomic mass is 32.1. The highest BCUT2D eigenvalue weighted by Crippen LogP contribution is 2.42. The van der Waals surface area contributed by atoms with Gasteiger partial charge in [0.2, 0.25) is 8.32 Å². The van der Waals surface area contributed by atoms with E-state index in [4.69, 9.17) is 10.2 Å². The fourth-order valence-electron chi connectivity index (χ4n) is 4.87. The Kier molecular flexibility index (Phi) is 8.92. The van der Waals surface area contributed by atoms with E-state index in [-0.39, 0.29) is 17.5 Å². The van der Waals surface area contributed by atoms with Gasteiger partial charge >= 0.3 is 0 Å². The fourth-order valence-corrected chi connectivity index (χ4v) is 6.45. The molecule has 0 saturated carbocycles. The number of hydrogen-bond acceptors (Lipinski definition) is 7. The van der Waals surface area contributed by atoms with Gasteiger partial charge in [-0.05, 0) is 71.2 Å². The number of nitrogens with one attached hydrogen (secondary N) is 2. The Morgan fingerprint density at radius 2 is 1.84 bits per heavy atom. The Morgan fingerprint density at radius 3 is 2.50 bits per heavy atom. The number of amides is 2. The summed E-state index contributed by atoms with van der Waals surface area (Å²) < 4.78 is 21.5. The highest BCUT2D eigenvalue weighted by Gasteiger charge is 2.43. The average Bonchev–Trinajstić information content (AvgIpc) is 3.60. The number of nitrogens with zero attached hydrogens (tertiary/aromatic N) is 2. The van der Waals surface area contributed by atoms with Crippen LogP contribution in [0.4, 0.5) is 15.2 Å². The maximum Gasteiger partial charge on any atom is 0.255 e. The van der Waals surface area contributed by atoms with Gasteiger partial charge in [-0.15, -0.1) is 11.3 Å². The van der Waals surface area contributed by atoms with Crippen LogP contribution in [0.25, 0.3) is 11.1 Å². The van der Waals surface area contributed by atoms with Crippen molar-refractivity contribution in [1.29, 1.82) is 0 Å². The van der Waals surface area contributed by atoms with Gasteiger partial charge in [-0.3, -0.25) is 14.9 Å². The molecule has 4 aromatic rings. The van der Waals surface area contributed by atoms with E-state index in [2.05, 4.69) is 49.5 Å². The van der Waals surface area contributed by atoms with E-state index in [1.165, 1.54) is 28.4 Å². The number of fused-ring (bicyclic) bond motifs is 1. The van der Waals surface area contributed by atoms with Crippen LogP contribution in [0.2, 0.25) is 18.1 Å². The summed E-state index contributed by atoms with van der Waals surface area (Å²) >= 11 is 1.26. The number of halogens is 1. The number of nitrogens with two attached hydrogens (primary N) is 1. The third-order valence-corrected chi connectivity index (χ3v) is 13.3. The van der Waals surface area contributed by atoms with Gasteiger partial charge < -0.3 is 20.4 Å². The lowest BCUT2D eigenvalue weighted by Gasteiger charge is -2.38. The first-order valence-corrected chi connectivity index (χ1v) is 18.3. The second kappa shape index (κ2) is 12.5. The molecule has 11 heteroatoms. The lowest BCUT2D eigenvalue weighted by Crippen LogP contribution is -2.45. The van der Waals surface area contributed by atoms with Crippen LogP contribution < -0.4 is 20.8 Å². The third kappa shape index (κ3) is 6.54. The molecule has 2 amide bonds. The van der Waals surface area contributed by atoms with Crippen LogP contribution >= 0.6 is 11.3 Å². The smallest absolute Gasteiger partial charge is 0.255 e. The minimum atomic E-state index is -2.39. The molecule has 1 unspecified atom stereocenters. The zero-order chi connectivity index (χ0) is 31.6. The van der Waals surface area contributed by atoms with E-state index >= 15 is 0 Å². The summed E-state index contributed by atoms with van der Waals surface area (Å²) in [4.78, 5) is 33.8. The third-order valence-electron chi connectivity index (χ3n) is 8.29. The first kappa shape index (κ1) is 31.4. The summed E-state index contributed by atoms with van der Waals surface area (Å²) in [5, 5.41) is 8.08. The fraction of sp³-hybridized carbons (Fsp3) is 0.303. The molecular formula is C33H38FN5O3SSi. The van der Waals surface area contributed by atoms with Crippen LogP contribution in [0.3, 0.4) is 0 Å². The number of thiazole rings is 1. The standard InChI is InChI=1S/C33H38FN5O3SSi/c1-33(2,3)44(4,5)42-28-13-10-24(34)19-27(28)29(30(40)38-32-37-16-17-43-32)39-20-23-7-6-22(18-26(23)31(39)41)21-8-11-25(12-9-21)36-15-14-35/h6-13,16-19,29,36H,14-15,20,35H2,1-5H3,(H,37,38,40). The molecule has 1 atom stereocenters. The first-order chi connectivity index (χ1) is 20.9. The summed E-state index contributed by atoms with van der Waals surface area (Å²) in [5.41, 5.74) is 9.97. The van der Waals surface area contributed by atoms with E-state index < -0.39 is 26.1 Å². The Bertz CT molecular complexity index is 1660. The lowest BCUT2D eigenvalue weighted by atomic mass is 10.00. The summed E-state index contributed by atoms with van der Waals surface area (Å²) in [6.07, 6.45) is 1.59. The Morgan fingerprint density at radius 1 is 1.11 bits per heavy atom. The molecule has 230 valence electrons. The molecule has 4 N–H and O–H groups in total. The number of hydrogen-bond donors (Lipinski definition) is 3. The van der Waals surface area contributed by atoms with Gasteiger partial charge in [-0.25, -0.2) is 9.37 Å². The molecular weight excluding hydrogens is 594 g/mol. The maximum atomic E-state index is 14.9. The lowest BCUT2D eigenvalue weighted by molar-refractivity contribution is -0.120. The minimum Gasteiger partial charge on any atom is -0.543 e. The second-order valence-corrected chi connectivity index (χ2v) is 18.0. The van der Waals surface area contributed by atoms with Crippen LogP contribution in [0, 0.1) is 5.82 Å². The van der Waals surface area contributed by atoms with Gasteiger partial charge in [-0.1, -0.05) is 45.0 Å². The monoisotopic (exact) mass is 631 g/mol. The summed E-state index contributed by atoms with van der Waals surface area (Å²) in [5.74, 6) is -0.937. The summed E-state index contributed by atoms with van der Waals surface area (Å²) in [6.45, 7) is 11.9. The number of anilines is 2. The molecule has 0 spiro atoms. The SMILES string of the molecule is CC(C)(C)[Si](C)(C)Oc1ccc(F)cc1C(C(=O)Nc1nccs1)N1Cc2ccc(-c3ccc(NCCN)cc3)cc2C1=O. The minimum absolute atomic E-state index is 0.147. The van der Waals surface area contributed by atoms with Crippen molar-refractivity contribution in [1.82, 2.24) is 9.88 Å². The predicted octanol–water partition coefficient (Wildman–Crippen LogP) is 7.04. The molecule has 1 aliphatic heterocycles. The molecule has 0 aliphatic carbocycles. The van der Waals surface area contributed by atoms with Crippen LogP contribution in [-0.4, -0.2) is 43.1 Å². The number of rotatable bonds is 10. The molecule has 3 aromatic carbocycles. The Labute approximate surface area is 262 Å². The molecule has 0 saturated heterocycles. The molecule has 0 bridgehead atoms. The highest BCUT2D eigenvalue weighted by molar-refractivity contribution is 7.13. The Balaban J connectivity index is 1.52. The van der Waals surface area contributed by atoms with E-state index in [9.17, 15) is 14.0 Å². The molecule has 0 radical (unpaired) electrons. The van der Waals surface area contributed by atoms with Crippen LogP contribution in [0.15, 0.2) is 72.2 Å². The first-order valence-electron chi connectivity index (χ1n) is 14.5. The summed E-state index contributed by atoms with van der Waals surface area (Å²) in [6, 6.07) is 16.7. The van der Waals surface area contributed by atoms with Crippen LogP contribution in [-0.2, 0) is 11.3 Å². The zero-order valence-electron chi connectivity index (χ0n) is 25.6. The molecule has 44 heavy (non-hydrogen) atoms. The maximum absolute atomic E-state index is 14.9. The summed E-state index contributed by atoms with van der Waals surface area (Å²) in [7, 11) is -2.39. The largest absolute Gasteiger partial charge is 0.543 e. The second-order valence-electron chi connectivity index (χ2n) is 12.4. The van der Waals surface area contributed by atoms with Crippen molar-refractivity contribution in [2.24, 2.45) is 5.73 Å². The normalized spacial score (nSPS) is 13.9. The van der Waals surface area contributed by atoms with E-state index in [1.807, 2.05) is 42.5 Å². The number of aromatic nitrogens is 1. The van der Waals surface area contributed by atoms with Gasteiger partial charge in [0.1, 0.15) is 17.6 Å². The predicted molar refractivity (Wildman–Crippen MR) is 177 cm³/mol. The van der Waals surface area contributed by atoms with Crippen molar-refractivity contribution in [3.63, 3.8) is 0 Å². The van der Waals surface area contributed by atoms with Gasteiger partial charge in [-0.2, -0.15) is 0 Å². The van der Waals surface area contributed by atoms with Gasteiger partial charge in [0.15, 0.2) is 5.13 Å². The van der Waals surface area contributed by atoms with E-state index in [1.54, 1.807) is 17.6 Å². The molecule has 5 rings (SSSR count). The average molecular weight is 632 g/mol. The van der Waals surface area contributed by atoms with Crippen LogP contribution in [0.1, 0.15) is 48.3 Å². The van der Waals surface area contributed by atoms with Gasteiger partial charge in [0.05, 0.1) is 0 Å². The Hall–Kier alpha value is -4.06. The van der Waals surface area contributed by atoms with Gasteiger partial charge in [0, 0.05) is 48.0 Å². The van der Waals surface area contributed by atoms with Crippen molar-refractivity contribution in [2.75, 3.05) is 23.7 Å². The van der Waals surface area contributed by atoms with Gasteiger partial charge in [0.25, 0.3) is 11.8 Å². The molecule has 8 nitrogen and oxygen atoms in total. The van der Waals surface area contributed by atoms with Crippen molar-refractivity contribution in [3.8, 4) is 16.9 Å².